The number of nitro groups is 1. The van der Waals surface area contributed by atoms with Gasteiger partial charge in [-0.05, 0) is 0 Å². The van der Waals surface area contributed by atoms with Crippen molar-refractivity contribution in [1.29, 1.82) is 5.26 Å². The molecule has 0 spiro atoms. The van der Waals surface area contributed by atoms with Crippen molar-refractivity contribution in [3.63, 3.8) is 0 Å². The van der Waals surface area contributed by atoms with Crippen molar-refractivity contribution in [2.45, 2.75) is 32.7 Å². The lowest BCUT2D eigenvalue weighted by Gasteiger charge is -2.20. The molecule has 0 aliphatic carbocycles. The molecular formula is C7H12N2O2. The molecule has 0 aliphatic heterocycles. The molecule has 0 saturated heterocycles. The SMILES string of the molecule is CC(CC#N)C(C)(C)[N+](=O)[O-]. The summed E-state index contributed by atoms with van der Waals surface area (Å²) in [6.07, 6.45) is 0.230. The highest BCUT2D eigenvalue weighted by Crippen LogP contribution is 2.22. The molecule has 0 aromatic carbocycles. The van der Waals surface area contributed by atoms with Crippen LogP contribution in [0.4, 0.5) is 0 Å². The Kier molecular flexibility index (Phi) is 2.99. The van der Waals surface area contributed by atoms with Crippen molar-refractivity contribution >= 4 is 0 Å². The lowest BCUT2D eigenvalue weighted by molar-refractivity contribution is -0.570. The number of nitrogens with zero attached hydrogens (tertiary/aromatic N) is 2. The third kappa shape index (κ3) is 2.19. The summed E-state index contributed by atoms with van der Waals surface area (Å²) >= 11 is 0. The Morgan fingerprint density at radius 1 is 1.73 bits per heavy atom. The Hall–Kier alpha value is -1.11. The first-order valence-electron chi connectivity index (χ1n) is 3.44. The highest BCUT2D eigenvalue weighted by atomic mass is 16.6. The molecule has 4 nitrogen and oxygen atoms in total. The average Bonchev–Trinajstić information content (AvgIpc) is 1.88. The van der Waals surface area contributed by atoms with Gasteiger partial charge in [0, 0.05) is 31.1 Å². The molecule has 11 heavy (non-hydrogen) atoms. The highest BCUT2D eigenvalue weighted by molar-refractivity contribution is 4.83. The van der Waals surface area contributed by atoms with Crippen molar-refractivity contribution < 1.29 is 4.92 Å². The molecule has 0 radical (unpaired) electrons. The van der Waals surface area contributed by atoms with E-state index in [1.807, 2.05) is 6.07 Å². The van der Waals surface area contributed by atoms with Crippen molar-refractivity contribution in [2.75, 3.05) is 0 Å². The van der Waals surface area contributed by atoms with Gasteiger partial charge < -0.3 is 0 Å². The van der Waals surface area contributed by atoms with Gasteiger partial charge in [0.15, 0.2) is 0 Å². The van der Waals surface area contributed by atoms with Gasteiger partial charge in [-0.1, -0.05) is 6.92 Å². The minimum absolute atomic E-state index is 0.206. The summed E-state index contributed by atoms with van der Waals surface area (Å²) in [6.45, 7) is 4.79. The quantitative estimate of drug-likeness (QED) is 0.460. The van der Waals surface area contributed by atoms with Crippen LogP contribution in [0.2, 0.25) is 0 Å². The van der Waals surface area contributed by atoms with E-state index in [0.29, 0.717) is 0 Å². The van der Waals surface area contributed by atoms with Crippen LogP contribution < -0.4 is 0 Å². The number of rotatable bonds is 3. The third-order valence-corrected chi connectivity index (χ3v) is 2.07. The van der Waals surface area contributed by atoms with Gasteiger partial charge in [0.1, 0.15) is 0 Å². The predicted octanol–water partition coefficient (Wildman–Crippen LogP) is 1.59. The fraction of sp³-hybridized carbons (Fsp3) is 0.857. The molecule has 0 N–H and O–H groups in total. The van der Waals surface area contributed by atoms with Gasteiger partial charge in [0.05, 0.1) is 6.07 Å². The van der Waals surface area contributed by atoms with E-state index in [9.17, 15) is 10.1 Å². The first-order valence-corrected chi connectivity index (χ1v) is 3.44. The summed E-state index contributed by atoms with van der Waals surface area (Å²) in [7, 11) is 0. The van der Waals surface area contributed by atoms with E-state index in [0.717, 1.165) is 0 Å². The second-order valence-corrected chi connectivity index (χ2v) is 3.17. The molecule has 0 aromatic rings. The Bertz CT molecular complexity index is 193. The Labute approximate surface area is 66.0 Å². The minimum Gasteiger partial charge on any atom is -0.264 e. The van der Waals surface area contributed by atoms with Crippen LogP contribution in [0.15, 0.2) is 0 Å². The molecule has 0 amide bonds. The molecule has 4 heteroatoms. The fourth-order valence-corrected chi connectivity index (χ4v) is 0.567. The molecule has 0 heterocycles. The zero-order valence-electron chi connectivity index (χ0n) is 7.00. The molecule has 62 valence electrons. The largest absolute Gasteiger partial charge is 0.264 e. The van der Waals surface area contributed by atoms with Crippen LogP contribution in [0.3, 0.4) is 0 Å². The molecule has 0 fully saturated rings. The zero-order valence-corrected chi connectivity index (χ0v) is 7.00. The second kappa shape index (κ2) is 3.33. The van der Waals surface area contributed by atoms with Crippen molar-refractivity contribution in [2.24, 2.45) is 5.92 Å². The van der Waals surface area contributed by atoms with Crippen LogP contribution in [-0.4, -0.2) is 10.5 Å². The average molecular weight is 156 g/mol. The maximum atomic E-state index is 10.4. The highest BCUT2D eigenvalue weighted by Gasteiger charge is 2.37. The first-order chi connectivity index (χ1) is 4.92. The summed E-state index contributed by atoms with van der Waals surface area (Å²) in [5.74, 6) is -0.206. The van der Waals surface area contributed by atoms with Crippen LogP contribution in [0.1, 0.15) is 27.2 Å². The summed E-state index contributed by atoms with van der Waals surface area (Å²) in [6, 6.07) is 1.92. The lowest BCUT2D eigenvalue weighted by atomic mass is 9.88. The van der Waals surface area contributed by atoms with Crippen molar-refractivity contribution in [3.8, 4) is 6.07 Å². The Morgan fingerprint density at radius 3 is 2.45 bits per heavy atom. The second-order valence-electron chi connectivity index (χ2n) is 3.17. The summed E-state index contributed by atoms with van der Waals surface area (Å²) in [5.41, 5.74) is -0.990. The smallest absolute Gasteiger partial charge is 0.220 e. The van der Waals surface area contributed by atoms with Gasteiger partial charge in [0.25, 0.3) is 0 Å². The molecule has 0 aromatic heterocycles. The van der Waals surface area contributed by atoms with Crippen molar-refractivity contribution in [1.82, 2.24) is 0 Å². The molecule has 0 saturated carbocycles. The van der Waals surface area contributed by atoms with E-state index in [1.54, 1.807) is 6.92 Å². The van der Waals surface area contributed by atoms with Gasteiger partial charge in [-0.25, -0.2) is 0 Å². The lowest BCUT2D eigenvalue weighted by Crippen LogP contribution is -2.37. The zero-order chi connectivity index (χ0) is 9.07. The molecule has 0 rings (SSSR count). The predicted molar refractivity (Wildman–Crippen MR) is 40.5 cm³/mol. The fourth-order valence-electron chi connectivity index (χ4n) is 0.567. The van der Waals surface area contributed by atoms with E-state index < -0.39 is 5.54 Å². The summed E-state index contributed by atoms with van der Waals surface area (Å²) in [5, 5.41) is 18.7. The van der Waals surface area contributed by atoms with Gasteiger partial charge in [-0.15, -0.1) is 0 Å². The van der Waals surface area contributed by atoms with Gasteiger partial charge in [0.2, 0.25) is 5.54 Å². The summed E-state index contributed by atoms with van der Waals surface area (Å²) < 4.78 is 0. The standard InChI is InChI=1S/C7H12N2O2/c1-6(4-5-8)7(2,3)9(10)11/h6H,4H2,1-3H3. The molecule has 1 unspecified atom stereocenters. The Morgan fingerprint density at radius 2 is 2.18 bits per heavy atom. The molecule has 0 bridgehead atoms. The van der Waals surface area contributed by atoms with Gasteiger partial charge >= 0.3 is 0 Å². The van der Waals surface area contributed by atoms with Gasteiger partial charge in [-0.3, -0.25) is 10.1 Å². The monoisotopic (exact) mass is 156 g/mol. The topological polar surface area (TPSA) is 66.9 Å². The van der Waals surface area contributed by atoms with Crippen LogP contribution in [-0.2, 0) is 0 Å². The number of nitriles is 1. The normalized spacial score (nSPS) is 13.6. The van der Waals surface area contributed by atoms with Crippen LogP contribution in [0.5, 0.6) is 0 Å². The molecule has 0 aliphatic rings. The molecule has 1 atom stereocenters. The third-order valence-electron chi connectivity index (χ3n) is 2.07. The number of hydrogen-bond acceptors (Lipinski definition) is 3. The first kappa shape index (κ1) is 9.89. The van der Waals surface area contributed by atoms with E-state index in [1.165, 1.54) is 13.8 Å². The minimum atomic E-state index is -0.990. The van der Waals surface area contributed by atoms with Gasteiger partial charge in [-0.2, -0.15) is 5.26 Å². The van der Waals surface area contributed by atoms with Crippen molar-refractivity contribution in [3.05, 3.63) is 10.1 Å². The molecular weight excluding hydrogens is 144 g/mol. The maximum Gasteiger partial charge on any atom is 0.220 e. The Balaban J connectivity index is 4.31. The van der Waals surface area contributed by atoms with E-state index in [4.69, 9.17) is 5.26 Å². The van der Waals surface area contributed by atoms with E-state index in [2.05, 4.69) is 0 Å². The van der Waals surface area contributed by atoms with Crippen LogP contribution in [0, 0.1) is 27.4 Å². The maximum absolute atomic E-state index is 10.4. The van der Waals surface area contributed by atoms with E-state index >= 15 is 0 Å². The van der Waals surface area contributed by atoms with Crippen LogP contribution >= 0.6 is 0 Å². The van der Waals surface area contributed by atoms with Crippen LogP contribution in [0.25, 0.3) is 0 Å². The summed E-state index contributed by atoms with van der Waals surface area (Å²) in [4.78, 5) is 10.1. The van der Waals surface area contributed by atoms with E-state index in [-0.39, 0.29) is 17.3 Å². The number of hydrogen-bond donors (Lipinski definition) is 0.